The monoisotopic (exact) mass is 2390 g/mol. The average molecular weight is 2390 g/mol. The minimum atomic E-state index is -0.941. The fraction of sp³-hybridized carbons (Fsp3) is 0.949. The third kappa shape index (κ3) is 80.4. The van der Waals surface area contributed by atoms with Gasteiger partial charge in [0.15, 0.2) is 86.8 Å². The lowest BCUT2D eigenvalue weighted by Gasteiger charge is -2.45. The van der Waals surface area contributed by atoms with Crippen molar-refractivity contribution in [3.63, 3.8) is 0 Å². The third-order valence-electron chi connectivity index (χ3n) is 19.6. The molecule has 0 fully saturated rings. The summed E-state index contributed by atoms with van der Waals surface area (Å²) in [5, 5.41) is 14.4. The summed E-state index contributed by atoms with van der Waals surface area (Å²) in [5.41, 5.74) is 42.7. The van der Waals surface area contributed by atoms with Crippen LogP contribution in [0, 0.1) is 10.8 Å². The van der Waals surface area contributed by atoms with Crippen LogP contribution in [0.3, 0.4) is 0 Å². The van der Waals surface area contributed by atoms with Crippen LogP contribution in [-0.2, 0) is 55.8 Å². The zero-order valence-corrected chi connectivity index (χ0v) is 113. The minimum Gasteiger partial charge on any atom is -0.388 e. The first kappa shape index (κ1) is 158. The van der Waals surface area contributed by atoms with Crippen LogP contribution in [0.25, 0.3) is 0 Å². The second kappa shape index (κ2) is 96.0. The van der Waals surface area contributed by atoms with Crippen molar-refractivity contribution in [2.45, 2.75) is 455 Å². The normalized spacial score (nSPS) is 12.9. The van der Waals surface area contributed by atoms with Crippen LogP contribution in [0.1, 0.15) is 323 Å². The number of rotatable bonds is 87. The lowest BCUT2D eigenvalue weighted by molar-refractivity contribution is -0.128. The molecule has 0 amide bonds. The third-order valence-corrected chi connectivity index (χ3v) is 47.0. The van der Waals surface area contributed by atoms with Gasteiger partial charge in [0.05, 0.1) is 89.9 Å². The molecule has 0 radical (unpaired) electrons. The maximum Gasteiger partial charge on any atom is 0.191 e. The summed E-state index contributed by atoms with van der Waals surface area (Å²) in [6, 6.07) is 8.10. The van der Waals surface area contributed by atoms with Gasteiger partial charge in [0.25, 0.3) is 0 Å². The van der Waals surface area contributed by atoms with E-state index in [1.165, 1.54) is 0 Å². The summed E-state index contributed by atoms with van der Waals surface area (Å²) in [6.07, 6.45) is 3.01. The Bertz CT molecular complexity index is 2950. The smallest absolute Gasteiger partial charge is 0.191 e. The summed E-state index contributed by atoms with van der Waals surface area (Å²) < 4.78 is 97.1. The van der Waals surface area contributed by atoms with E-state index < -0.39 is 42.2 Å². The molecule has 0 aromatic heterocycles. The number of ether oxygens (including phenoxy) is 7. The van der Waals surface area contributed by atoms with Gasteiger partial charge >= 0.3 is 0 Å². The molecule has 148 heavy (non-hydrogen) atoms. The van der Waals surface area contributed by atoms with Crippen LogP contribution >= 0.6 is 150 Å². The summed E-state index contributed by atoms with van der Waals surface area (Å²) in [6.45, 7) is 104. The van der Waals surface area contributed by atoms with Gasteiger partial charge in [0.1, 0.15) is 11.9 Å². The maximum absolute atomic E-state index is 7.21. The van der Waals surface area contributed by atoms with Crippen molar-refractivity contribution in [1.82, 2.24) is 46.7 Å². The van der Waals surface area contributed by atoms with Crippen LogP contribution in [0.5, 0.6) is 0 Å². The number of amidine groups is 2. The molecule has 1 unspecified atom stereocenters. The summed E-state index contributed by atoms with van der Waals surface area (Å²) in [7, 11) is 12.9. The molecule has 1 atom stereocenters. The van der Waals surface area contributed by atoms with Crippen molar-refractivity contribution < 1.29 is 55.8 Å². The quantitative estimate of drug-likeness (QED) is 0.00675. The molecule has 0 heterocycles. The Morgan fingerprint density at radius 1 is 0.270 bits per heavy atom. The molecule has 0 aliphatic rings. The number of nitrogens with one attached hydrogen (secondary N) is 2. The molecule has 0 rings (SSSR count). The van der Waals surface area contributed by atoms with E-state index >= 15 is 0 Å². The van der Waals surface area contributed by atoms with Crippen molar-refractivity contribution in [3.05, 3.63) is 0 Å². The molecule has 0 aliphatic carbocycles. The van der Waals surface area contributed by atoms with Gasteiger partial charge in [-0.25, -0.2) is 46.7 Å². The Balaban J connectivity index is -0.000000576. The topological polar surface area (TPSA) is 436 Å². The van der Waals surface area contributed by atoms with Gasteiger partial charge in [-0.3, -0.25) is 25.8 Å². The predicted octanol–water partition coefficient (Wildman–Crippen LogP) is 24.5. The van der Waals surface area contributed by atoms with Gasteiger partial charge in [-0.15, -0.1) is 0 Å². The van der Waals surface area contributed by atoms with Crippen molar-refractivity contribution in [2.75, 3.05) is 152 Å². The van der Waals surface area contributed by atoms with Crippen LogP contribution in [0.15, 0.2) is 15.0 Å². The summed E-state index contributed by atoms with van der Waals surface area (Å²) in [5.74, 6) is 8.37. The molecular weight excluding hydrogens is 2170 g/mol. The lowest BCUT2D eigenvalue weighted by atomic mass is 10.2. The molecule has 0 saturated carbocycles. The van der Waals surface area contributed by atoms with Crippen LogP contribution in [-0.4, -0.2) is 360 Å². The first-order valence-corrected chi connectivity index (χ1v) is 71.4. The molecule has 0 saturated heterocycles. The van der Waals surface area contributed by atoms with Crippen LogP contribution < -0.4 is 45.9 Å². The second-order valence-electron chi connectivity index (χ2n) is 40.8. The zero-order valence-electron chi connectivity index (χ0n) is 101. The van der Waals surface area contributed by atoms with E-state index in [-0.39, 0.29) is 54.2 Å². The van der Waals surface area contributed by atoms with E-state index in [1.54, 1.807) is 86.4 Å². The molecular formula is C98H224N23O12P5S10. The SMILES string of the molecule is CC(C)N(C(C)C)P(OCCOCC(C)(C)SSCCN=C(N)N)N(C(C)C)C(C)C.CC(C)N(C(C)C)P(OCCOCSSCCCC(=N)N)N(C(C)C)C(C)C.CC(C)N(C(C)C)P(OCOCCSSCCCC(=N)N)N(C(C)C)C(C)C.CC(C)N(C(C)C)P(OCOCOCSSCCN=C(N)N)N(C(C)C)C(C)C.CCOC(CSSCCN=C(N)N)OCCOP(N(C(C)C)C(C)C)N(C(C)C)C(C)C. The van der Waals surface area contributed by atoms with E-state index in [0.29, 0.717) is 231 Å². The molecule has 0 aromatic rings. The fourth-order valence-corrected chi connectivity index (χ4v) is 35.8. The lowest BCUT2D eigenvalue weighted by Crippen LogP contribution is -2.43. The van der Waals surface area contributed by atoms with Crippen molar-refractivity contribution in [2.24, 2.45) is 60.8 Å². The number of hydrogen-bond donors (Lipinski definition) is 10. The van der Waals surface area contributed by atoms with Crippen LogP contribution in [0.2, 0.25) is 0 Å². The molecule has 0 bridgehead atoms. The first-order chi connectivity index (χ1) is 69.1. The van der Waals surface area contributed by atoms with Gasteiger partial charge in [-0.1, -0.05) is 108 Å². The first-order valence-electron chi connectivity index (χ1n) is 53.3. The van der Waals surface area contributed by atoms with Gasteiger partial charge in [-0.05, 0) is 311 Å². The molecule has 18 N–H and O–H groups in total. The Morgan fingerprint density at radius 2 is 0.527 bits per heavy atom. The van der Waals surface area contributed by atoms with E-state index in [0.717, 1.165) is 53.1 Å². The highest BCUT2D eigenvalue weighted by Crippen LogP contribution is 2.56. The molecule has 0 aliphatic heterocycles. The average Bonchev–Trinajstić information content (AvgIpc) is 0.846. The predicted molar refractivity (Wildman–Crippen MR) is 675 cm³/mol. The van der Waals surface area contributed by atoms with Crippen LogP contribution in [0.4, 0.5) is 0 Å². The summed E-state index contributed by atoms with van der Waals surface area (Å²) >= 11 is 0. The minimum absolute atomic E-state index is 0.0111. The molecule has 50 heteroatoms. The van der Waals surface area contributed by atoms with Gasteiger partial charge in [0.2, 0.25) is 0 Å². The highest BCUT2D eigenvalue weighted by atomic mass is 33.1. The Hall–Kier alpha value is 1.52. The van der Waals surface area contributed by atoms with Crippen molar-refractivity contribution in [1.29, 1.82) is 10.8 Å². The number of nitrogens with zero attached hydrogens (tertiary/aromatic N) is 13. The molecule has 0 aromatic carbocycles. The summed E-state index contributed by atoms with van der Waals surface area (Å²) in [4.78, 5) is 11.9. The number of nitrogens with two attached hydrogens (primary N) is 8. The maximum atomic E-state index is 7.21. The van der Waals surface area contributed by atoms with Crippen molar-refractivity contribution >= 4 is 180 Å². The fourth-order valence-electron chi connectivity index (χ4n) is 15.0. The Kier molecular flexibility index (Phi) is 102. The van der Waals surface area contributed by atoms with E-state index in [2.05, 4.69) is 352 Å². The Morgan fingerprint density at radius 3 is 0.824 bits per heavy atom. The Labute approximate surface area is 953 Å². The van der Waals surface area contributed by atoms with Crippen molar-refractivity contribution in [3.8, 4) is 0 Å². The molecule has 0 spiro atoms. The zero-order chi connectivity index (χ0) is 115. The highest BCUT2D eigenvalue weighted by molar-refractivity contribution is 8.78. The number of aliphatic imine (C=N–C) groups is 3. The van der Waals surface area contributed by atoms with Gasteiger partial charge in [-0.2, -0.15) is 0 Å². The number of hydrogen-bond acceptors (Lipinski definition) is 37. The highest BCUT2D eigenvalue weighted by Gasteiger charge is 2.41. The largest absolute Gasteiger partial charge is 0.388 e. The standard InChI is InChI=1S/C21H48N5O3PS2.C21H48N5O2PS2.2C19H43N4O2PS2.C18H42N5O3PS2/c1-10-27-20(15-32-31-14-11-24-21(22)23)28-12-13-29-30(25(16(2)3)17(4)5)26(18(6)7)19(8)9;1-16(2)25(17(3)4)29(26(18(5)6)19(7)8)28-13-12-27-15-21(9,10)31-30-14-11-24-20(22)23;1-15(2)22(16(3)4)26(23(17(5)6)18(7)8)25-12-11-24-14-28-27-13-9-10-19(20)21;1-15(2)22(16(3)4)26(23(17(5)6)18(7)8)25-14-24-11-13-28-27-12-9-10-19(20)21;1-14(2)22(15(3)4)27(23(16(5)6)17(7)8)26-12-24-11-25-13-29-28-10-9-21-18(19)20/h16-20H,10-15H2,1-9H3,(H4,22,23,24);16-19H,11-15H2,1-10H3,(H4,22,23,24);2*15-18H,9-14H2,1-8H3,(H3,20,21);14-17H,9-13H2,1-8H3,(H4,19,20,21). The van der Waals surface area contributed by atoms with Gasteiger partial charge < -0.3 is 102 Å². The second-order valence-corrected chi connectivity index (χ2v) is 62.7. The molecule has 35 nitrogen and oxygen atoms in total. The van der Waals surface area contributed by atoms with E-state index in [9.17, 15) is 0 Å². The number of guanidine groups is 3. The van der Waals surface area contributed by atoms with Gasteiger partial charge in [0, 0.05) is 180 Å². The van der Waals surface area contributed by atoms with E-state index in [4.69, 9.17) is 112 Å². The van der Waals surface area contributed by atoms with E-state index in [1.807, 2.05) is 28.5 Å². The molecule has 888 valence electrons.